The number of nitrogens with one attached hydrogen (secondary N) is 1. The zero-order valence-corrected chi connectivity index (χ0v) is 16.3. The van der Waals surface area contributed by atoms with Crippen molar-refractivity contribution in [3.05, 3.63) is 24.0 Å². The number of carbonyl (C=O) groups is 1. The van der Waals surface area contributed by atoms with Gasteiger partial charge in [-0.25, -0.2) is 17.6 Å². The minimum absolute atomic E-state index is 0.00462. The van der Waals surface area contributed by atoms with E-state index in [-0.39, 0.29) is 42.9 Å². The Balaban J connectivity index is 1.67. The van der Waals surface area contributed by atoms with Crippen molar-refractivity contribution in [1.29, 1.82) is 0 Å². The van der Waals surface area contributed by atoms with Crippen molar-refractivity contribution in [2.75, 3.05) is 54.6 Å². The van der Waals surface area contributed by atoms with Gasteiger partial charge in [0, 0.05) is 13.1 Å². The number of anilines is 2. The summed E-state index contributed by atoms with van der Waals surface area (Å²) in [7, 11) is -1.61. The average Bonchev–Trinajstić information content (AvgIpc) is 3.01. The van der Waals surface area contributed by atoms with Gasteiger partial charge in [0.2, 0.25) is 0 Å². The fourth-order valence-corrected chi connectivity index (χ4v) is 4.27. The summed E-state index contributed by atoms with van der Waals surface area (Å²) in [4.78, 5) is 15.1. The van der Waals surface area contributed by atoms with Crippen LogP contribution < -0.4 is 15.1 Å². The zero-order chi connectivity index (χ0) is 19.6. The van der Waals surface area contributed by atoms with Gasteiger partial charge in [0.05, 0.1) is 43.1 Å². The van der Waals surface area contributed by atoms with Crippen LogP contribution >= 0.6 is 12.2 Å². The van der Waals surface area contributed by atoms with Crippen molar-refractivity contribution in [3.8, 4) is 0 Å². The van der Waals surface area contributed by atoms with Crippen LogP contribution in [0.25, 0.3) is 0 Å². The third kappa shape index (κ3) is 4.59. The number of halogens is 1. The SMILES string of the molecule is COC(=S)NC[C@H]1CN(c2ccc(N3CCS(=O)(=O)CC3)c(F)c2)C(=O)O1. The fraction of sp³-hybridized carbons (Fsp3) is 0.500. The average molecular weight is 417 g/mol. The Morgan fingerprint density at radius 1 is 1.41 bits per heavy atom. The predicted octanol–water partition coefficient (Wildman–Crippen LogP) is 0.907. The van der Waals surface area contributed by atoms with Crippen molar-refractivity contribution in [3.63, 3.8) is 0 Å². The molecule has 0 unspecified atom stereocenters. The number of methoxy groups -OCH3 is 1. The van der Waals surface area contributed by atoms with Crippen molar-refractivity contribution < 1.29 is 27.1 Å². The van der Waals surface area contributed by atoms with E-state index in [0.717, 1.165) is 0 Å². The number of thiocarbonyl (C=S) groups is 1. The number of nitrogens with zero attached hydrogens (tertiary/aromatic N) is 2. The Hall–Kier alpha value is -2.14. The van der Waals surface area contributed by atoms with Gasteiger partial charge in [-0.2, -0.15) is 0 Å². The summed E-state index contributed by atoms with van der Waals surface area (Å²) in [5.74, 6) is -0.503. The van der Waals surface area contributed by atoms with Crippen LogP contribution in [0.1, 0.15) is 0 Å². The molecule has 1 aromatic rings. The van der Waals surface area contributed by atoms with Gasteiger partial charge in [-0.15, -0.1) is 0 Å². The maximum absolute atomic E-state index is 14.6. The molecule has 0 aromatic heterocycles. The van der Waals surface area contributed by atoms with Crippen LogP contribution in [0.15, 0.2) is 18.2 Å². The van der Waals surface area contributed by atoms with E-state index in [9.17, 15) is 17.6 Å². The summed E-state index contributed by atoms with van der Waals surface area (Å²) < 4.78 is 47.7. The molecule has 0 radical (unpaired) electrons. The molecule has 2 aliphatic rings. The minimum atomic E-state index is -3.04. The van der Waals surface area contributed by atoms with Crippen LogP contribution in [0.3, 0.4) is 0 Å². The van der Waals surface area contributed by atoms with Crippen LogP contribution in [0.4, 0.5) is 20.6 Å². The lowest BCUT2D eigenvalue weighted by Crippen LogP contribution is -2.40. The van der Waals surface area contributed by atoms with E-state index in [1.54, 1.807) is 17.0 Å². The smallest absolute Gasteiger partial charge is 0.414 e. The lowest BCUT2D eigenvalue weighted by Gasteiger charge is -2.29. The first kappa shape index (κ1) is 19.6. The molecule has 2 fully saturated rings. The number of ether oxygens (including phenoxy) is 2. The van der Waals surface area contributed by atoms with E-state index >= 15 is 0 Å². The van der Waals surface area contributed by atoms with Crippen LogP contribution in [-0.2, 0) is 19.3 Å². The van der Waals surface area contributed by atoms with Gasteiger partial charge in [-0.1, -0.05) is 0 Å². The van der Waals surface area contributed by atoms with Gasteiger partial charge in [0.1, 0.15) is 11.9 Å². The molecule has 0 aliphatic carbocycles. The van der Waals surface area contributed by atoms with Crippen LogP contribution in [0, 0.1) is 5.82 Å². The minimum Gasteiger partial charge on any atom is -0.474 e. The molecule has 8 nitrogen and oxygen atoms in total. The molecule has 1 aromatic carbocycles. The molecular weight excluding hydrogens is 397 g/mol. The quantitative estimate of drug-likeness (QED) is 0.724. The predicted molar refractivity (Wildman–Crippen MR) is 102 cm³/mol. The lowest BCUT2D eigenvalue weighted by atomic mass is 10.2. The van der Waals surface area contributed by atoms with E-state index in [1.807, 2.05) is 0 Å². The highest BCUT2D eigenvalue weighted by Gasteiger charge is 2.33. The van der Waals surface area contributed by atoms with E-state index in [0.29, 0.717) is 11.4 Å². The fourth-order valence-electron chi connectivity index (χ4n) is 2.98. The topological polar surface area (TPSA) is 88.2 Å². The van der Waals surface area contributed by atoms with Crippen molar-refractivity contribution in [2.45, 2.75) is 6.10 Å². The summed E-state index contributed by atoms with van der Waals surface area (Å²) in [5.41, 5.74) is 0.701. The van der Waals surface area contributed by atoms with Gasteiger partial charge in [-0.3, -0.25) is 4.90 Å². The third-order valence-electron chi connectivity index (χ3n) is 4.46. The molecule has 0 spiro atoms. The van der Waals surface area contributed by atoms with Gasteiger partial charge < -0.3 is 19.7 Å². The molecule has 1 N–H and O–H groups in total. The Kier molecular flexibility index (Phi) is 5.70. The number of amides is 1. The number of carbonyl (C=O) groups excluding carboxylic acids is 1. The summed E-state index contributed by atoms with van der Waals surface area (Å²) in [6, 6.07) is 4.44. The summed E-state index contributed by atoms with van der Waals surface area (Å²) >= 11 is 4.87. The first-order chi connectivity index (χ1) is 12.8. The second-order valence-corrected chi connectivity index (χ2v) is 8.94. The molecule has 27 heavy (non-hydrogen) atoms. The molecule has 2 saturated heterocycles. The van der Waals surface area contributed by atoms with E-state index in [2.05, 4.69) is 5.32 Å². The number of hydrogen-bond acceptors (Lipinski definition) is 7. The lowest BCUT2D eigenvalue weighted by molar-refractivity contribution is 0.142. The maximum Gasteiger partial charge on any atom is 0.414 e. The Morgan fingerprint density at radius 3 is 2.74 bits per heavy atom. The largest absolute Gasteiger partial charge is 0.474 e. The maximum atomic E-state index is 14.6. The molecular formula is C16H20FN3O5S2. The summed E-state index contributed by atoms with van der Waals surface area (Å²) in [6.07, 6.45) is -1.01. The molecule has 3 rings (SSSR count). The number of rotatable bonds is 4. The van der Waals surface area contributed by atoms with E-state index in [1.165, 1.54) is 18.1 Å². The third-order valence-corrected chi connectivity index (χ3v) is 6.38. The molecule has 2 aliphatic heterocycles. The van der Waals surface area contributed by atoms with Crippen molar-refractivity contribution >= 4 is 44.7 Å². The highest BCUT2D eigenvalue weighted by Crippen LogP contribution is 2.28. The van der Waals surface area contributed by atoms with Crippen molar-refractivity contribution in [1.82, 2.24) is 5.32 Å². The summed E-state index contributed by atoms with van der Waals surface area (Å²) in [6.45, 7) is 1.03. The van der Waals surface area contributed by atoms with Crippen LogP contribution in [-0.4, -0.2) is 70.6 Å². The zero-order valence-electron chi connectivity index (χ0n) is 14.7. The molecule has 1 atom stereocenters. The highest BCUT2D eigenvalue weighted by atomic mass is 32.2. The monoisotopic (exact) mass is 417 g/mol. The first-order valence-electron chi connectivity index (χ1n) is 8.34. The highest BCUT2D eigenvalue weighted by molar-refractivity contribution is 7.91. The molecule has 2 heterocycles. The normalized spacial score (nSPS) is 21.7. The van der Waals surface area contributed by atoms with Crippen molar-refractivity contribution in [2.24, 2.45) is 0 Å². The van der Waals surface area contributed by atoms with Gasteiger partial charge in [0.15, 0.2) is 9.84 Å². The number of benzene rings is 1. The first-order valence-corrected chi connectivity index (χ1v) is 10.6. The van der Waals surface area contributed by atoms with E-state index < -0.39 is 27.9 Å². The Bertz CT molecular complexity index is 834. The summed E-state index contributed by atoms with van der Waals surface area (Å²) in [5, 5.41) is 3.01. The van der Waals surface area contributed by atoms with Crippen LogP contribution in [0.5, 0.6) is 0 Å². The second kappa shape index (κ2) is 7.85. The second-order valence-electron chi connectivity index (χ2n) is 6.26. The van der Waals surface area contributed by atoms with Gasteiger partial charge >= 0.3 is 6.09 Å². The Morgan fingerprint density at radius 2 is 2.11 bits per heavy atom. The van der Waals surface area contributed by atoms with Gasteiger partial charge in [0.25, 0.3) is 5.17 Å². The number of cyclic esters (lactones) is 1. The molecule has 148 valence electrons. The molecule has 0 saturated carbocycles. The van der Waals surface area contributed by atoms with Crippen LogP contribution in [0.2, 0.25) is 0 Å². The number of hydrogen-bond donors (Lipinski definition) is 1. The molecule has 1 amide bonds. The van der Waals surface area contributed by atoms with E-state index in [4.69, 9.17) is 21.7 Å². The van der Waals surface area contributed by atoms with Gasteiger partial charge in [-0.05, 0) is 30.4 Å². The molecule has 11 heteroatoms. The standard InChI is InChI=1S/C16H20FN3O5S2/c1-24-15(26)18-9-12-10-20(16(21)25-12)11-2-3-14(13(17)8-11)19-4-6-27(22,23)7-5-19/h2-3,8,12H,4-7,9-10H2,1H3,(H,18,26)/t12-/m0/s1. The Labute approximate surface area is 162 Å². The number of sulfone groups is 1. The molecule has 0 bridgehead atoms.